The van der Waals surface area contributed by atoms with Crippen LogP contribution >= 0.6 is 24.8 Å². The molecule has 1 amide bonds. The Kier molecular flexibility index (Phi) is 13.7. The molecule has 0 fully saturated rings. The lowest BCUT2D eigenvalue weighted by molar-refractivity contribution is -0.120. The van der Waals surface area contributed by atoms with E-state index in [4.69, 9.17) is 4.74 Å². The second-order valence-corrected chi connectivity index (χ2v) is 3.35. The molecule has 0 radical (unpaired) electrons. The van der Waals surface area contributed by atoms with Crippen molar-refractivity contribution >= 4 is 30.7 Å². The van der Waals surface area contributed by atoms with Gasteiger partial charge in [0.05, 0.1) is 13.0 Å². The highest BCUT2D eigenvalue weighted by Crippen LogP contribution is 1.91. The fourth-order valence-electron chi connectivity index (χ4n) is 1.21. The molecule has 6 nitrogen and oxygen atoms in total. The maximum atomic E-state index is 11.4. The summed E-state index contributed by atoms with van der Waals surface area (Å²) in [5, 5.41) is 12.5. The normalized spacial score (nSPS) is 9.17. The Morgan fingerprint density at radius 2 is 2.17 bits per heavy atom. The minimum atomic E-state index is -0.00204. The summed E-state index contributed by atoms with van der Waals surface area (Å²) >= 11 is 0. The molecule has 0 bridgehead atoms. The summed E-state index contributed by atoms with van der Waals surface area (Å²) in [6.07, 6.45) is 1.98. The lowest BCUT2D eigenvalue weighted by Crippen LogP contribution is -2.33. The molecule has 106 valence electrons. The minimum absolute atomic E-state index is 0. The van der Waals surface area contributed by atoms with Gasteiger partial charge in [-0.3, -0.25) is 9.89 Å². The third kappa shape index (κ3) is 9.23. The zero-order valence-corrected chi connectivity index (χ0v) is 11.9. The van der Waals surface area contributed by atoms with Crippen LogP contribution in [0.1, 0.15) is 5.69 Å². The summed E-state index contributed by atoms with van der Waals surface area (Å²) in [5.74, 6) is -0.00204. The SMILES string of the molecule is COCCNCCNC(=O)Cc1ccn[nH]1.Cl.Cl. The molecule has 0 aliphatic rings. The highest BCUT2D eigenvalue weighted by Gasteiger charge is 2.02. The number of hydrogen-bond acceptors (Lipinski definition) is 4. The number of carbonyl (C=O) groups excluding carboxylic acids is 1. The zero-order valence-electron chi connectivity index (χ0n) is 10.3. The second-order valence-electron chi connectivity index (χ2n) is 3.35. The molecule has 8 heteroatoms. The Bertz CT molecular complexity index is 296. The molecule has 0 unspecified atom stereocenters. The van der Waals surface area contributed by atoms with Gasteiger partial charge in [0.1, 0.15) is 0 Å². The van der Waals surface area contributed by atoms with Crippen LogP contribution in [-0.4, -0.2) is 49.5 Å². The van der Waals surface area contributed by atoms with E-state index in [2.05, 4.69) is 20.8 Å². The fraction of sp³-hybridized carbons (Fsp3) is 0.600. The first-order valence-corrected chi connectivity index (χ1v) is 5.27. The standard InChI is InChI=1S/C10H18N4O2.2ClH/c1-16-7-6-11-4-5-12-10(15)8-9-2-3-13-14-9;;/h2-3,11H,4-8H2,1H3,(H,12,15)(H,13,14);2*1H. The van der Waals surface area contributed by atoms with Gasteiger partial charge in [-0.1, -0.05) is 0 Å². The van der Waals surface area contributed by atoms with Gasteiger partial charge in [-0.25, -0.2) is 0 Å². The van der Waals surface area contributed by atoms with E-state index in [0.29, 0.717) is 19.6 Å². The molecule has 0 spiro atoms. The number of amides is 1. The molecule has 1 rings (SSSR count). The van der Waals surface area contributed by atoms with Gasteiger partial charge in [0.15, 0.2) is 0 Å². The largest absolute Gasteiger partial charge is 0.383 e. The number of rotatable bonds is 8. The number of ether oxygens (including phenoxy) is 1. The van der Waals surface area contributed by atoms with Crippen molar-refractivity contribution in [2.45, 2.75) is 6.42 Å². The molecule has 18 heavy (non-hydrogen) atoms. The number of halogens is 2. The first kappa shape index (κ1) is 19.5. The summed E-state index contributed by atoms with van der Waals surface area (Å²) in [5.41, 5.74) is 0.824. The Hall–Kier alpha value is -0.820. The molecular formula is C10H20Cl2N4O2. The van der Waals surface area contributed by atoms with E-state index in [1.54, 1.807) is 19.4 Å². The summed E-state index contributed by atoms with van der Waals surface area (Å²) in [6.45, 7) is 2.85. The van der Waals surface area contributed by atoms with E-state index in [0.717, 1.165) is 18.8 Å². The third-order valence-corrected chi connectivity index (χ3v) is 2.02. The summed E-state index contributed by atoms with van der Waals surface area (Å²) in [6, 6.07) is 1.79. The van der Waals surface area contributed by atoms with Crippen LogP contribution in [0.25, 0.3) is 0 Å². The number of carbonyl (C=O) groups is 1. The molecular weight excluding hydrogens is 279 g/mol. The van der Waals surface area contributed by atoms with Gasteiger partial charge in [0.2, 0.25) is 5.91 Å². The molecule has 0 aromatic carbocycles. The molecule has 0 aliphatic carbocycles. The van der Waals surface area contributed by atoms with E-state index in [1.807, 2.05) is 0 Å². The smallest absolute Gasteiger partial charge is 0.226 e. The monoisotopic (exact) mass is 298 g/mol. The van der Waals surface area contributed by atoms with Gasteiger partial charge in [0.25, 0.3) is 0 Å². The maximum absolute atomic E-state index is 11.4. The van der Waals surface area contributed by atoms with Crippen molar-refractivity contribution in [3.05, 3.63) is 18.0 Å². The van der Waals surface area contributed by atoms with Gasteiger partial charge >= 0.3 is 0 Å². The number of H-pyrrole nitrogens is 1. The van der Waals surface area contributed by atoms with Crippen LogP contribution in [0.5, 0.6) is 0 Å². The van der Waals surface area contributed by atoms with Crippen LogP contribution in [0, 0.1) is 0 Å². The van der Waals surface area contributed by atoms with Crippen molar-refractivity contribution in [1.82, 2.24) is 20.8 Å². The molecule has 3 N–H and O–H groups in total. The van der Waals surface area contributed by atoms with E-state index in [9.17, 15) is 4.79 Å². The number of nitrogens with zero attached hydrogens (tertiary/aromatic N) is 1. The number of aromatic amines is 1. The summed E-state index contributed by atoms with van der Waals surface area (Å²) in [7, 11) is 1.66. The average molecular weight is 299 g/mol. The molecule has 1 heterocycles. The molecule has 0 saturated heterocycles. The highest BCUT2D eigenvalue weighted by atomic mass is 35.5. The second kappa shape index (κ2) is 12.6. The number of hydrogen-bond donors (Lipinski definition) is 3. The van der Waals surface area contributed by atoms with Gasteiger partial charge in [-0.05, 0) is 6.07 Å². The molecule has 0 aliphatic heterocycles. The van der Waals surface area contributed by atoms with Crippen molar-refractivity contribution in [1.29, 1.82) is 0 Å². The van der Waals surface area contributed by atoms with Crippen molar-refractivity contribution in [2.24, 2.45) is 0 Å². The zero-order chi connectivity index (χ0) is 11.6. The Balaban J connectivity index is 0. The van der Waals surface area contributed by atoms with E-state index >= 15 is 0 Å². The van der Waals surface area contributed by atoms with Crippen LogP contribution in [0.15, 0.2) is 12.3 Å². The van der Waals surface area contributed by atoms with E-state index in [1.165, 1.54) is 0 Å². The van der Waals surface area contributed by atoms with Crippen LogP contribution in [0.4, 0.5) is 0 Å². The van der Waals surface area contributed by atoms with E-state index in [-0.39, 0.29) is 30.7 Å². The maximum Gasteiger partial charge on any atom is 0.226 e. The fourth-order valence-corrected chi connectivity index (χ4v) is 1.21. The predicted octanol–water partition coefficient (Wildman–Crippen LogP) is 0.148. The minimum Gasteiger partial charge on any atom is -0.383 e. The lowest BCUT2D eigenvalue weighted by atomic mass is 10.3. The Labute approximate surface area is 119 Å². The number of nitrogens with one attached hydrogen (secondary N) is 3. The van der Waals surface area contributed by atoms with Crippen molar-refractivity contribution in [3.63, 3.8) is 0 Å². The topological polar surface area (TPSA) is 79.0 Å². The number of aromatic nitrogens is 2. The van der Waals surface area contributed by atoms with Crippen molar-refractivity contribution in [2.75, 3.05) is 33.4 Å². The summed E-state index contributed by atoms with van der Waals surface area (Å²) < 4.78 is 4.88. The van der Waals surface area contributed by atoms with Crippen LogP contribution in [0.3, 0.4) is 0 Å². The van der Waals surface area contributed by atoms with Gasteiger partial charge in [0, 0.05) is 38.6 Å². The molecule has 1 aromatic heterocycles. The van der Waals surface area contributed by atoms with E-state index < -0.39 is 0 Å². The lowest BCUT2D eigenvalue weighted by Gasteiger charge is -2.05. The van der Waals surface area contributed by atoms with Crippen LogP contribution in [0.2, 0.25) is 0 Å². The predicted molar refractivity (Wildman–Crippen MR) is 74.5 cm³/mol. The van der Waals surface area contributed by atoms with Crippen LogP contribution < -0.4 is 10.6 Å². The van der Waals surface area contributed by atoms with Crippen molar-refractivity contribution < 1.29 is 9.53 Å². The Morgan fingerprint density at radius 3 is 2.78 bits per heavy atom. The Morgan fingerprint density at radius 1 is 1.39 bits per heavy atom. The first-order chi connectivity index (χ1) is 7.83. The highest BCUT2D eigenvalue weighted by molar-refractivity contribution is 5.85. The van der Waals surface area contributed by atoms with Gasteiger partial charge < -0.3 is 15.4 Å². The average Bonchev–Trinajstić information content (AvgIpc) is 2.76. The summed E-state index contributed by atoms with van der Waals surface area (Å²) in [4.78, 5) is 11.4. The van der Waals surface area contributed by atoms with Gasteiger partial charge in [-0.15, -0.1) is 24.8 Å². The van der Waals surface area contributed by atoms with Crippen molar-refractivity contribution in [3.8, 4) is 0 Å². The van der Waals surface area contributed by atoms with Gasteiger partial charge in [-0.2, -0.15) is 5.10 Å². The quantitative estimate of drug-likeness (QED) is 0.597. The third-order valence-electron chi connectivity index (χ3n) is 2.02. The first-order valence-electron chi connectivity index (χ1n) is 5.27. The molecule has 1 aromatic rings. The molecule has 0 saturated carbocycles. The number of methoxy groups -OCH3 is 1. The van der Waals surface area contributed by atoms with Crippen LogP contribution in [-0.2, 0) is 16.0 Å². The molecule has 0 atom stereocenters.